The molecule has 0 spiro atoms. The maximum atomic E-state index is 13.7. The van der Waals surface area contributed by atoms with E-state index in [4.69, 9.17) is 0 Å². The number of hydrogen-bond acceptors (Lipinski definition) is 1. The van der Waals surface area contributed by atoms with Gasteiger partial charge in [0.1, 0.15) is 11.9 Å². The van der Waals surface area contributed by atoms with Crippen LogP contribution in [0.4, 0.5) is 13.2 Å². The molecule has 0 saturated carbocycles. The Hall–Kier alpha value is -1.81. The molecule has 2 rings (SSSR count). The van der Waals surface area contributed by atoms with Gasteiger partial charge >= 0.3 is 0 Å². The molecule has 0 saturated heterocycles. The molecule has 1 nitrogen and oxygen atoms in total. The molecule has 0 aromatic heterocycles. The molecule has 4 heteroatoms. The zero-order valence-corrected chi connectivity index (χ0v) is 12.1. The van der Waals surface area contributed by atoms with Crippen LogP contribution in [0, 0.1) is 17.5 Å². The second kappa shape index (κ2) is 5.53. The highest BCUT2D eigenvalue weighted by Gasteiger charge is 2.19. The summed E-state index contributed by atoms with van der Waals surface area (Å²) in [5.74, 6) is -3.43. The van der Waals surface area contributed by atoms with E-state index in [2.05, 4.69) is 0 Å². The minimum Gasteiger partial charge on any atom is -0.384 e. The minimum atomic E-state index is -1.34. The first-order valence-electron chi connectivity index (χ1n) is 6.63. The Labute approximate surface area is 122 Å². The number of benzene rings is 2. The van der Waals surface area contributed by atoms with Gasteiger partial charge in [-0.2, -0.15) is 0 Å². The van der Waals surface area contributed by atoms with Crippen LogP contribution in [-0.2, 0) is 5.41 Å². The molecule has 0 bridgehead atoms. The number of hydrogen-bond donors (Lipinski definition) is 1. The number of halogens is 3. The molecule has 1 N–H and O–H groups in total. The SMILES string of the molecule is CC(C)(C)c1ccc(C(O)c2cc(F)c(F)cc2F)cc1. The third-order valence-electron chi connectivity index (χ3n) is 3.43. The maximum Gasteiger partial charge on any atom is 0.161 e. The third kappa shape index (κ3) is 3.27. The molecule has 2 aromatic rings. The Morgan fingerprint density at radius 1 is 0.857 bits per heavy atom. The van der Waals surface area contributed by atoms with Crippen molar-refractivity contribution >= 4 is 0 Å². The largest absolute Gasteiger partial charge is 0.384 e. The first-order valence-corrected chi connectivity index (χ1v) is 6.63. The smallest absolute Gasteiger partial charge is 0.161 e. The average molecular weight is 294 g/mol. The molecular weight excluding hydrogens is 277 g/mol. The van der Waals surface area contributed by atoms with Crippen LogP contribution in [0.3, 0.4) is 0 Å². The number of aliphatic hydroxyl groups excluding tert-OH is 1. The van der Waals surface area contributed by atoms with Crippen LogP contribution in [0.25, 0.3) is 0 Å². The lowest BCUT2D eigenvalue weighted by Crippen LogP contribution is -2.11. The molecule has 112 valence electrons. The van der Waals surface area contributed by atoms with Crippen LogP contribution in [0.1, 0.15) is 43.6 Å². The zero-order valence-electron chi connectivity index (χ0n) is 12.1. The van der Waals surface area contributed by atoms with E-state index in [0.717, 1.165) is 5.56 Å². The third-order valence-corrected chi connectivity index (χ3v) is 3.43. The van der Waals surface area contributed by atoms with Crippen molar-refractivity contribution in [2.24, 2.45) is 0 Å². The lowest BCUT2D eigenvalue weighted by Gasteiger charge is -2.20. The van der Waals surface area contributed by atoms with Gasteiger partial charge in [-0.15, -0.1) is 0 Å². The Balaban J connectivity index is 2.36. The van der Waals surface area contributed by atoms with Crippen LogP contribution in [-0.4, -0.2) is 5.11 Å². The lowest BCUT2D eigenvalue weighted by atomic mass is 9.86. The summed E-state index contributed by atoms with van der Waals surface area (Å²) in [6.45, 7) is 6.15. The molecule has 2 aromatic carbocycles. The molecule has 0 radical (unpaired) electrons. The Bertz CT molecular complexity index is 642. The van der Waals surface area contributed by atoms with E-state index in [1.54, 1.807) is 12.1 Å². The predicted molar refractivity (Wildman–Crippen MR) is 75.5 cm³/mol. The first-order chi connectivity index (χ1) is 9.70. The lowest BCUT2D eigenvalue weighted by molar-refractivity contribution is 0.214. The molecule has 0 aliphatic heterocycles. The van der Waals surface area contributed by atoms with Crippen molar-refractivity contribution in [3.05, 3.63) is 70.5 Å². The van der Waals surface area contributed by atoms with E-state index in [1.807, 2.05) is 32.9 Å². The van der Waals surface area contributed by atoms with Crippen LogP contribution in [0.15, 0.2) is 36.4 Å². The highest BCUT2D eigenvalue weighted by atomic mass is 19.2. The molecule has 1 unspecified atom stereocenters. The maximum absolute atomic E-state index is 13.7. The van der Waals surface area contributed by atoms with Gasteiger partial charge in [0, 0.05) is 11.6 Å². The van der Waals surface area contributed by atoms with Gasteiger partial charge in [-0.1, -0.05) is 45.0 Å². The normalized spacial score (nSPS) is 13.3. The minimum absolute atomic E-state index is 0.0449. The number of aliphatic hydroxyl groups is 1. The standard InChI is InChI=1S/C17H17F3O/c1-17(2,3)11-6-4-10(5-7-11)16(21)12-8-14(19)15(20)9-13(12)18/h4-9,16,21H,1-3H3. The summed E-state index contributed by atoms with van der Waals surface area (Å²) < 4.78 is 39.8. The van der Waals surface area contributed by atoms with E-state index in [1.165, 1.54) is 0 Å². The van der Waals surface area contributed by atoms with Crippen molar-refractivity contribution in [1.29, 1.82) is 0 Å². The summed E-state index contributed by atoms with van der Waals surface area (Å²) >= 11 is 0. The molecule has 0 amide bonds. The van der Waals surface area contributed by atoms with E-state index in [9.17, 15) is 18.3 Å². The van der Waals surface area contributed by atoms with Crippen molar-refractivity contribution in [3.63, 3.8) is 0 Å². The summed E-state index contributed by atoms with van der Waals surface area (Å²) in [4.78, 5) is 0. The predicted octanol–water partition coefficient (Wildman–Crippen LogP) is 4.48. The monoisotopic (exact) mass is 294 g/mol. The highest BCUT2D eigenvalue weighted by molar-refractivity contribution is 5.34. The molecular formula is C17H17F3O. The quantitative estimate of drug-likeness (QED) is 0.809. The second-order valence-electron chi connectivity index (χ2n) is 6.06. The van der Waals surface area contributed by atoms with Gasteiger partial charge in [0.15, 0.2) is 11.6 Å². The number of rotatable bonds is 2. The highest BCUT2D eigenvalue weighted by Crippen LogP contribution is 2.28. The second-order valence-corrected chi connectivity index (χ2v) is 6.06. The summed E-state index contributed by atoms with van der Waals surface area (Å²) in [6.07, 6.45) is -1.34. The van der Waals surface area contributed by atoms with E-state index >= 15 is 0 Å². The first kappa shape index (κ1) is 15.6. The Morgan fingerprint density at radius 2 is 1.38 bits per heavy atom. The van der Waals surface area contributed by atoms with E-state index in [0.29, 0.717) is 17.7 Å². The van der Waals surface area contributed by atoms with Crippen LogP contribution in [0.5, 0.6) is 0 Å². The summed E-state index contributed by atoms with van der Waals surface area (Å²) in [5, 5.41) is 10.2. The van der Waals surface area contributed by atoms with Crippen LogP contribution in [0.2, 0.25) is 0 Å². The van der Waals surface area contributed by atoms with Gasteiger partial charge in [-0.3, -0.25) is 0 Å². The van der Waals surface area contributed by atoms with Gasteiger partial charge in [-0.05, 0) is 22.6 Å². The fourth-order valence-corrected chi connectivity index (χ4v) is 2.09. The fourth-order valence-electron chi connectivity index (χ4n) is 2.09. The molecule has 21 heavy (non-hydrogen) atoms. The Kier molecular flexibility index (Phi) is 4.10. The summed E-state index contributed by atoms with van der Waals surface area (Å²) in [6, 6.07) is 8.11. The van der Waals surface area contributed by atoms with Gasteiger partial charge in [0.05, 0.1) is 0 Å². The van der Waals surface area contributed by atoms with Crippen molar-refractivity contribution in [3.8, 4) is 0 Å². The van der Waals surface area contributed by atoms with E-state index < -0.39 is 23.6 Å². The van der Waals surface area contributed by atoms with Crippen LogP contribution < -0.4 is 0 Å². The Morgan fingerprint density at radius 3 is 1.90 bits per heavy atom. The van der Waals surface area contributed by atoms with Crippen molar-refractivity contribution in [2.75, 3.05) is 0 Å². The van der Waals surface area contributed by atoms with Crippen molar-refractivity contribution in [2.45, 2.75) is 32.3 Å². The summed E-state index contributed by atoms with van der Waals surface area (Å²) in [5.41, 5.74) is 1.16. The van der Waals surface area contributed by atoms with Crippen LogP contribution >= 0.6 is 0 Å². The molecule has 0 fully saturated rings. The van der Waals surface area contributed by atoms with Gasteiger partial charge < -0.3 is 5.11 Å². The molecule has 1 atom stereocenters. The fraction of sp³-hybridized carbons (Fsp3) is 0.294. The molecule has 0 heterocycles. The van der Waals surface area contributed by atoms with Gasteiger partial charge in [0.2, 0.25) is 0 Å². The van der Waals surface area contributed by atoms with Crippen molar-refractivity contribution in [1.82, 2.24) is 0 Å². The van der Waals surface area contributed by atoms with Crippen molar-refractivity contribution < 1.29 is 18.3 Å². The summed E-state index contributed by atoms with van der Waals surface area (Å²) in [7, 11) is 0. The molecule has 0 aliphatic rings. The zero-order chi connectivity index (χ0) is 15.8. The average Bonchev–Trinajstić information content (AvgIpc) is 2.41. The topological polar surface area (TPSA) is 20.2 Å². The molecule has 0 aliphatic carbocycles. The van der Waals surface area contributed by atoms with E-state index in [-0.39, 0.29) is 11.0 Å². The van der Waals surface area contributed by atoms with Gasteiger partial charge in [-0.25, -0.2) is 13.2 Å². The van der Waals surface area contributed by atoms with Gasteiger partial charge in [0.25, 0.3) is 0 Å².